The van der Waals surface area contributed by atoms with Gasteiger partial charge in [-0.3, -0.25) is 9.78 Å². The number of hydrogen-bond acceptors (Lipinski definition) is 5. The number of likely N-dealkylation sites (N-methyl/N-ethyl adjacent to an activating group) is 1. The molecular weight excluding hydrogens is 455 g/mol. The number of fused-ring (bicyclic) bond motifs is 2. The minimum atomic E-state index is -1.59. The molecule has 1 aliphatic rings. The summed E-state index contributed by atoms with van der Waals surface area (Å²) in [7, 11) is 4.28. The maximum absolute atomic E-state index is 14.7. The number of alkyl halides is 1. The first kappa shape index (κ1) is 24.2. The molecule has 1 aromatic carbocycles. The molecule has 188 valence electrons. The standard InChI is InChI=1S/C28H33FN6O/c1-6-34-27(36)23-17-31-26(16-24(23)35(34)22-11-12-30-25(15-22)28(2,3)29)32-20-9-7-18-8-10-21(33(4)5)14-19(18)13-20/h7,9,11-13,15-17,21H,6,8,10,14H2,1-5H3,(H,31,32). The Labute approximate surface area is 210 Å². The number of hydrogen-bond donors (Lipinski definition) is 1. The van der Waals surface area contributed by atoms with Gasteiger partial charge in [0.2, 0.25) is 0 Å². The van der Waals surface area contributed by atoms with Crippen LogP contribution in [-0.2, 0) is 25.1 Å². The quantitative estimate of drug-likeness (QED) is 0.415. The summed E-state index contributed by atoms with van der Waals surface area (Å²) in [6.45, 7) is 5.33. The number of aryl methyl sites for hydroxylation is 1. The first-order valence-corrected chi connectivity index (χ1v) is 12.5. The van der Waals surface area contributed by atoms with Crippen molar-refractivity contribution in [3.63, 3.8) is 0 Å². The minimum Gasteiger partial charge on any atom is -0.340 e. The molecule has 0 amide bonds. The van der Waals surface area contributed by atoms with Gasteiger partial charge < -0.3 is 10.2 Å². The van der Waals surface area contributed by atoms with E-state index in [1.807, 2.05) is 17.7 Å². The Kier molecular flexibility index (Phi) is 6.16. The third kappa shape index (κ3) is 4.41. The molecule has 7 nitrogen and oxygen atoms in total. The minimum absolute atomic E-state index is 0.132. The summed E-state index contributed by atoms with van der Waals surface area (Å²) in [4.78, 5) is 24.2. The zero-order chi connectivity index (χ0) is 25.6. The maximum atomic E-state index is 14.7. The van der Waals surface area contributed by atoms with E-state index in [4.69, 9.17) is 0 Å². The lowest BCUT2D eigenvalue weighted by Crippen LogP contribution is -2.33. The van der Waals surface area contributed by atoms with Crippen LogP contribution in [0.4, 0.5) is 15.9 Å². The largest absolute Gasteiger partial charge is 0.340 e. The van der Waals surface area contributed by atoms with Gasteiger partial charge in [-0.15, -0.1) is 0 Å². The van der Waals surface area contributed by atoms with Crippen molar-refractivity contribution in [2.75, 3.05) is 19.4 Å². The third-order valence-electron chi connectivity index (χ3n) is 7.12. The number of aromatic nitrogens is 4. The van der Waals surface area contributed by atoms with E-state index in [9.17, 15) is 9.18 Å². The lowest BCUT2D eigenvalue weighted by atomic mass is 9.87. The number of pyridine rings is 2. The van der Waals surface area contributed by atoms with Crippen LogP contribution < -0.4 is 10.9 Å². The van der Waals surface area contributed by atoms with Gasteiger partial charge >= 0.3 is 0 Å². The first-order valence-electron chi connectivity index (χ1n) is 12.5. The molecule has 4 aromatic rings. The molecule has 8 heteroatoms. The zero-order valence-corrected chi connectivity index (χ0v) is 21.5. The van der Waals surface area contributed by atoms with Crippen LogP contribution in [0.2, 0.25) is 0 Å². The number of nitrogens with zero attached hydrogens (tertiary/aromatic N) is 5. The van der Waals surface area contributed by atoms with Crippen LogP contribution in [0.1, 0.15) is 44.0 Å². The molecule has 0 saturated carbocycles. The average Bonchev–Trinajstić information content (AvgIpc) is 3.14. The predicted molar refractivity (Wildman–Crippen MR) is 142 cm³/mol. The Morgan fingerprint density at radius 1 is 1.14 bits per heavy atom. The van der Waals surface area contributed by atoms with Crippen LogP contribution in [0.25, 0.3) is 16.6 Å². The van der Waals surface area contributed by atoms with E-state index in [2.05, 4.69) is 52.5 Å². The second-order valence-electron chi connectivity index (χ2n) is 10.3. The van der Waals surface area contributed by atoms with Crippen molar-refractivity contribution < 1.29 is 4.39 Å². The SMILES string of the molecule is CCn1c(=O)c2cnc(Nc3ccc4c(c3)CC(N(C)C)CC4)cc2n1-c1ccnc(C(C)(C)F)c1. The van der Waals surface area contributed by atoms with Crippen molar-refractivity contribution in [3.05, 3.63) is 76.0 Å². The second kappa shape index (κ2) is 9.17. The van der Waals surface area contributed by atoms with Gasteiger partial charge in [0.05, 0.1) is 22.3 Å². The Morgan fingerprint density at radius 3 is 2.67 bits per heavy atom. The van der Waals surface area contributed by atoms with Crippen molar-refractivity contribution in [1.82, 2.24) is 24.2 Å². The highest BCUT2D eigenvalue weighted by Crippen LogP contribution is 2.29. The van der Waals surface area contributed by atoms with E-state index in [-0.39, 0.29) is 5.56 Å². The van der Waals surface area contributed by atoms with Crippen LogP contribution in [0.3, 0.4) is 0 Å². The zero-order valence-electron chi connectivity index (χ0n) is 21.5. The first-order chi connectivity index (χ1) is 17.2. The molecule has 0 bridgehead atoms. The molecule has 3 aromatic heterocycles. The lowest BCUT2D eigenvalue weighted by Gasteiger charge is -2.30. The van der Waals surface area contributed by atoms with Crippen molar-refractivity contribution in [2.45, 2.75) is 58.3 Å². The fourth-order valence-electron chi connectivity index (χ4n) is 5.06. The fourth-order valence-corrected chi connectivity index (χ4v) is 5.06. The van der Waals surface area contributed by atoms with E-state index < -0.39 is 5.67 Å². The molecule has 1 N–H and O–H groups in total. The summed E-state index contributed by atoms with van der Waals surface area (Å²) < 4.78 is 18.1. The monoisotopic (exact) mass is 488 g/mol. The molecule has 5 rings (SSSR count). The van der Waals surface area contributed by atoms with Gasteiger partial charge in [-0.25, -0.2) is 18.7 Å². The second-order valence-corrected chi connectivity index (χ2v) is 10.3. The molecule has 1 aliphatic carbocycles. The van der Waals surface area contributed by atoms with E-state index >= 15 is 0 Å². The lowest BCUT2D eigenvalue weighted by molar-refractivity contribution is 0.214. The van der Waals surface area contributed by atoms with Crippen LogP contribution in [0.15, 0.2) is 53.6 Å². The van der Waals surface area contributed by atoms with Crippen LogP contribution >= 0.6 is 0 Å². The molecule has 0 aliphatic heterocycles. The van der Waals surface area contributed by atoms with E-state index in [0.29, 0.717) is 40.7 Å². The molecular formula is C28H33FN6O. The third-order valence-corrected chi connectivity index (χ3v) is 7.12. The van der Waals surface area contributed by atoms with Crippen LogP contribution in [0.5, 0.6) is 0 Å². The van der Waals surface area contributed by atoms with Gasteiger partial charge in [-0.1, -0.05) is 6.07 Å². The Morgan fingerprint density at radius 2 is 1.94 bits per heavy atom. The normalized spacial score (nSPS) is 15.9. The predicted octanol–water partition coefficient (Wildman–Crippen LogP) is 4.97. The number of halogens is 1. The number of nitrogens with one attached hydrogen (secondary N) is 1. The smallest absolute Gasteiger partial charge is 0.276 e. The highest BCUT2D eigenvalue weighted by atomic mass is 19.1. The van der Waals surface area contributed by atoms with Gasteiger partial charge in [0.25, 0.3) is 5.56 Å². The Balaban J connectivity index is 1.55. The maximum Gasteiger partial charge on any atom is 0.276 e. The van der Waals surface area contributed by atoms with Gasteiger partial charge in [-0.2, -0.15) is 0 Å². The van der Waals surface area contributed by atoms with Crippen molar-refractivity contribution >= 4 is 22.4 Å². The molecule has 0 spiro atoms. The molecule has 0 saturated heterocycles. The number of rotatable bonds is 6. The van der Waals surface area contributed by atoms with Gasteiger partial charge in [0.15, 0.2) is 0 Å². The van der Waals surface area contributed by atoms with Gasteiger partial charge in [-0.05, 0) is 89.5 Å². The van der Waals surface area contributed by atoms with Crippen LogP contribution in [-0.4, -0.2) is 44.4 Å². The Hall–Kier alpha value is -3.52. The summed E-state index contributed by atoms with van der Waals surface area (Å²) in [6, 6.07) is 12.4. The van der Waals surface area contributed by atoms with Crippen molar-refractivity contribution in [2.24, 2.45) is 0 Å². The van der Waals surface area contributed by atoms with E-state index in [0.717, 1.165) is 18.5 Å². The summed E-state index contributed by atoms with van der Waals surface area (Å²) in [6.07, 6.45) is 6.48. The number of anilines is 2. The fraction of sp³-hybridized carbons (Fsp3) is 0.393. The molecule has 36 heavy (non-hydrogen) atoms. The van der Waals surface area contributed by atoms with Gasteiger partial charge in [0, 0.05) is 36.7 Å². The van der Waals surface area contributed by atoms with E-state index in [1.54, 1.807) is 29.2 Å². The summed E-state index contributed by atoms with van der Waals surface area (Å²) in [5.41, 5.74) is 3.71. The topological polar surface area (TPSA) is 68.0 Å². The molecule has 3 heterocycles. The molecule has 0 fully saturated rings. The summed E-state index contributed by atoms with van der Waals surface area (Å²) in [5, 5.41) is 3.94. The Bertz CT molecular complexity index is 1480. The van der Waals surface area contributed by atoms with E-state index in [1.165, 1.54) is 31.4 Å². The van der Waals surface area contributed by atoms with Crippen LogP contribution in [0, 0.1) is 0 Å². The van der Waals surface area contributed by atoms with Crippen molar-refractivity contribution in [3.8, 4) is 5.69 Å². The highest BCUT2D eigenvalue weighted by molar-refractivity contribution is 5.82. The highest BCUT2D eigenvalue weighted by Gasteiger charge is 2.23. The molecule has 1 atom stereocenters. The summed E-state index contributed by atoms with van der Waals surface area (Å²) >= 11 is 0. The molecule has 1 unspecified atom stereocenters. The van der Waals surface area contributed by atoms with Gasteiger partial charge in [0.1, 0.15) is 11.5 Å². The number of benzene rings is 1. The molecule has 0 radical (unpaired) electrons. The average molecular weight is 489 g/mol. The summed E-state index contributed by atoms with van der Waals surface area (Å²) in [5.74, 6) is 0.643. The van der Waals surface area contributed by atoms with Crippen molar-refractivity contribution in [1.29, 1.82) is 0 Å².